The van der Waals surface area contributed by atoms with Crippen molar-refractivity contribution in [1.82, 2.24) is 15.0 Å². The smallest absolute Gasteiger partial charge is 0.360 e. The van der Waals surface area contributed by atoms with Crippen molar-refractivity contribution in [3.8, 4) is 5.69 Å². The molecule has 0 aliphatic rings. The zero-order chi connectivity index (χ0) is 13.1. The molecule has 1 aromatic heterocycles. The Kier molecular flexibility index (Phi) is 3.76. The first kappa shape index (κ1) is 12.8. The summed E-state index contributed by atoms with van der Waals surface area (Å²) in [7, 11) is 1.32. The lowest BCUT2D eigenvalue weighted by Gasteiger charge is -1.99. The number of aromatic nitrogens is 3. The van der Waals surface area contributed by atoms with E-state index in [0.717, 1.165) is 11.3 Å². The molecular formula is C12H12BrN3O2. The Morgan fingerprint density at radius 1 is 1.33 bits per heavy atom. The van der Waals surface area contributed by atoms with E-state index in [4.69, 9.17) is 0 Å². The van der Waals surface area contributed by atoms with Gasteiger partial charge in [-0.1, -0.05) is 33.6 Å². The number of carbonyl (C=O) groups is 1. The molecule has 0 spiro atoms. The minimum atomic E-state index is -0.484. The number of ether oxygens (including phenoxy) is 1. The molecule has 0 radical (unpaired) electrons. The summed E-state index contributed by atoms with van der Waals surface area (Å²) in [4.78, 5) is 13.0. The van der Waals surface area contributed by atoms with Crippen LogP contribution in [-0.2, 0) is 10.1 Å². The van der Waals surface area contributed by atoms with Crippen LogP contribution in [0, 0.1) is 6.92 Å². The minimum absolute atomic E-state index is 0.231. The summed E-state index contributed by atoms with van der Waals surface area (Å²) in [6.45, 7) is 2.00. The maximum absolute atomic E-state index is 11.5. The van der Waals surface area contributed by atoms with Crippen LogP contribution in [0.1, 0.15) is 21.7 Å². The average Bonchev–Trinajstić information content (AvgIpc) is 2.82. The summed E-state index contributed by atoms with van der Waals surface area (Å²) in [6, 6.07) is 7.72. The van der Waals surface area contributed by atoms with E-state index >= 15 is 0 Å². The molecule has 0 saturated carbocycles. The van der Waals surface area contributed by atoms with Crippen LogP contribution < -0.4 is 0 Å². The lowest BCUT2D eigenvalue weighted by Crippen LogP contribution is -2.05. The number of methoxy groups -OCH3 is 1. The highest BCUT2D eigenvalue weighted by Crippen LogP contribution is 2.13. The summed E-state index contributed by atoms with van der Waals surface area (Å²) in [5, 5.41) is 8.86. The van der Waals surface area contributed by atoms with E-state index in [2.05, 4.69) is 30.9 Å². The molecule has 0 bridgehead atoms. The molecule has 0 aliphatic carbocycles. The van der Waals surface area contributed by atoms with Gasteiger partial charge in [0.1, 0.15) is 5.69 Å². The molecule has 0 N–H and O–H groups in total. The molecule has 5 nitrogen and oxygen atoms in total. The Balaban J connectivity index is 2.43. The third-order valence-corrected chi connectivity index (χ3v) is 2.98. The van der Waals surface area contributed by atoms with Crippen molar-refractivity contribution < 1.29 is 9.53 Å². The molecular weight excluding hydrogens is 298 g/mol. The molecule has 0 amide bonds. The third-order valence-electron chi connectivity index (χ3n) is 2.45. The van der Waals surface area contributed by atoms with E-state index in [1.807, 2.05) is 31.2 Å². The molecule has 2 rings (SSSR count). The van der Waals surface area contributed by atoms with Gasteiger partial charge in [0, 0.05) is 0 Å². The van der Waals surface area contributed by atoms with E-state index < -0.39 is 5.97 Å². The normalized spacial score (nSPS) is 10.4. The molecule has 0 saturated heterocycles. The van der Waals surface area contributed by atoms with Crippen LogP contribution in [0.4, 0.5) is 0 Å². The van der Waals surface area contributed by atoms with Gasteiger partial charge in [-0.05, 0) is 19.1 Å². The van der Waals surface area contributed by atoms with Crippen LogP contribution in [0.15, 0.2) is 24.3 Å². The molecule has 0 aliphatic heterocycles. The Bertz CT molecular complexity index is 563. The fourth-order valence-corrected chi connectivity index (χ4v) is 1.85. The molecule has 6 heteroatoms. The number of alkyl halides is 1. The molecule has 94 valence electrons. The van der Waals surface area contributed by atoms with Crippen molar-refractivity contribution in [3.05, 3.63) is 41.2 Å². The maximum atomic E-state index is 11.5. The SMILES string of the molecule is COC(=O)c1nn(-c2ccc(C)cc2)nc1CBr. The van der Waals surface area contributed by atoms with Gasteiger partial charge in [-0.15, -0.1) is 5.10 Å². The van der Waals surface area contributed by atoms with Gasteiger partial charge in [-0.3, -0.25) is 0 Å². The van der Waals surface area contributed by atoms with Crippen molar-refractivity contribution in [2.45, 2.75) is 12.3 Å². The highest BCUT2D eigenvalue weighted by molar-refractivity contribution is 9.08. The number of benzene rings is 1. The van der Waals surface area contributed by atoms with Gasteiger partial charge in [-0.25, -0.2) is 4.79 Å². The predicted octanol–water partition coefficient (Wildman–Crippen LogP) is 2.26. The van der Waals surface area contributed by atoms with E-state index in [0.29, 0.717) is 11.0 Å². The Morgan fingerprint density at radius 2 is 2.00 bits per heavy atom. The van der Waals surface area contributed by atoms with Gasteiger partial charge in [0.15, 0.2) is 5.69 Å². The highest BCUT2D eigenvalue weighted by atomic mass is 79.9. The fourth-order valence-electron chi connectivity index (χ4n) is 1.48. The van der Waals surface area contributed by atoms with Crippen LogP contribution in [0.25, 0.3) is 5.69 Å². The topological polar surface area (TPSA) is 57.0 Å². The molecule has 0 fully saturated rings. The molecule has 2 aromatic rings. The first-order chi connectivity index (χ1) is 8.65. The number of hydrogen-bond donors (Lipinski definition) is 0. The van der Waals surface area contributed by atoms with Gasteiger partial charge in [0.05, 0.1) is 18.1 Å². The third kappa shape index (κ3) is 2.43. The molecule has 1 heterocycles. The van der Waals surface area contributed by atoms with Crippen LogP contribution in [0.5, 0.6) is 0 Å². The van der Waals surface area contributed by atoms with E-state index in [-0.39, 0.29) is 5.69 Å². The minimum Gasteiger partial charge on any atom is -0.464 e. The standard InChI is InChI=1S/C12H12BrN3O2/c1-8-3-5-9(6-4-8)16-14-10(7-13)11(15-16)12(17)18-2/h3-6H,7H2,1-2H3. The second kappa shape index (κ2) is 5.30. The number of carbonyl (C=O) groups excluding carboxylic acids is 1. The van der Waals surface area contributed by atoms with Crippen LogP contribution in [-0.4, -0.2) is 28.1 Å². The van der Waals surface area contributed by atoms with E-state index in [1.165, 1.54) is 11.9 Å². The lowest BCUT2D eigenvalue weighted by molar-refractivity contribution is 0.0592. The fraction of sp³-hybridized carbons (Fsp3) is 0.250. The number of aryl methyl sites for hydroxylation is 1. The molecule has 0 atom stereocenters. The zero-order valence-corrected chi connectivity index (χ0v) is 11.6. The number of halogens is 1. The Hall–Kier alpha value is -1.69. The first-order valence-electron chi connectivity index (χ1n) is 5.33. The van der Waals surface area contributed by atoms with Crippen molar-refractivity contribution in [2.75, 3.05) is 7.11 Å². The monoisotopic (exact) mass is 309 g/mol. The molecule has 1 aromatic carbocycles. The summed E-state index contributed by atoms with van der Waals surface area (Å²) in [5.41, 5.74) is 2.75. The number of nitrogens with zero attached hydrogens (tertiary/aromatic N) is 3. The van der Waals surface area contributed by atoms with Gasteiger partial charge in [-0.2, -0.15) is 9.90 Å². The first-order valence-corrected chi connectivity index (χ1v) is 6.45. The molecule has 0 unspecified atom stereocenters. The number of hydrogen-bond acceptors (Lipinski definition) is 4. The van der Waals surface area contributed by atoms with Crippen LogP contribution in [0.3, 0.4) is 0 Å². The summed E-state index contributed by atoms with van der Waals surface area (Å²) in [5.74, 6) is -0.484. The maximum Gasteiger partial charge on any atom is 0.360 e. The van der Waals surface area contributed by atoms with Crippen molar-refractivity contribution in [1.29, 1.82) is 0 Å². The van der Waals surface area contributed by atoms with Gasteiger partial charge in [0.2, 0.25) is 0 Å². The number of esters is 1. The van der Waals surface area contributed by atoms with Crippen molar-refractivity contribution in [3.63, 3.8) is 0 Å². The highest BCUT2D eigenvalue weighted by Gasteiger charge is 2.18. The van der Waals surface area contributed by atoms with Gasteiger partial charge < -0.3 is 4.74 Å². The largest absolute Gasteiger partial charge is 0.464 e. The van der Waals surface area contributed by atoms with Crippen LogP contribution >= 0.6 is 15.9 Å². The summed E-state index contributed by atoms with van der Waals surface area (Å²) < 4.78 is 4.67. The molecule has 18 heavy (non-hydrogen) atoms. The second-order valence-corrected chi connectivity index (χ2v) is 4.31. The predicted molar refractivity (Wildman–Crippen MR) is 70.1 cm³/mol. The summed E-state index contributed by atoms with van der Waals surface area (Å²) >= 11 is 3.28. The zero-order valence-electron chi connectivity index (χ0n) is 10.1. The number of rotatable bonds is 3. The van der Waals surface area contributed by atoms with Gasteiger partial charge in [0.25, 0.3) is 0 Å². The lowest BCUT2D eigenvalue weighted by atomic mass is 10.2. The van der Waals surface area contributed by atoms with Gasteiger partial charge >= 0.3 is 5.97 Å². The van der Waals surface area contributed by atoms with E-state index in [1.54, 1.807) is 0 Å². The van der Waals surface area contributed by atoms with Crippen LogP contribution in [0.2, 0.25) is 0 Å². The Labute approximate surface area is 113 Å². The second-order valence-electron chi connectivity index (χ2n) is 3.75. The van der Waals surface area contributed by atoms with Crippen molar-refractivity contribution >= 4 is 21.9 Å². The van der Waals surface area contributed by atoms with E-state index in [9.17, 15) is 4.79 Å². The Morgan fingerprint density at radius 3 is 2.56 bits per heavy atom. The average molecular weight is 310 g/mol. The quantitative estimate of drug-likeness (QED) is 0.644. The van der Waals surface area contributed by atoms with Crippen molar-refractivity contribution in [2.24, 2.45) is 0 Å². The summed E-state index contributed by atoms with van der Waals surface area (Å²) in [6.07, 6.45) is 0.